The van der Waals surface area contributed by atoms with Gasteiger partial charge in [-0.25, -0.2) is 0 Å². The third-order valence-corrected chi connectivity index (χ3v) is 4.69. The fourth-order valence-corrected chi connectivity index (χ4v) is 3.15. The average molecular weight is 386 g/mol. The number of rotatable bonds is 8. The van der Waals surface area contributed by atoms with E-state index in [0.717, 1.165) is 5.56 Å². The monoisotopic (exact) mass is 385 g/mol. The van der Waals surface area contributed by atoms with Crippen LogP contribution in [0.2, 0.25) is 5.02 Å². The molecule has 0 fully saturated rings. The lowest BCUT2D eigenvalue weighted by Crippen LogP contribution is -2.45. The van der Waals surface area contributed by atoms with Gasteiger partial charge in [-0.15, -0.1) is 0 Å². The number of aliphatic hydroxyl groups is 1. The molecule has 0 radical (unpaired) electrons. The maximum Gasteiger partial charge on any atom is 0.238 e. The average Bonchev–Trinajstić information content (AvgIpc) is 2.63. The topological polar surface area (TPSA) is 76.4 Å². The van der Waals surface area contributed by atoms with E-state index < -0.39 is 0 Å². The van der Waals surface area contributed by atoms with Crippen molar-refractivity contribution in [3.63, 3.8) is 0 Å². The SMILES string of the molecule is CC(C)C(CO)N(CC(=O)Nc1ccc(C#N)c(Cl)c1)Cc1ccccc1. The standard InChI is InChI=1S/C21H24ClN3O2/c1-15(2)20(14-26)25(12-16-6-4-3-5-7-16)13-21(27)24-18-9-8-17(11-23)19(22)10-18/h3-10,15,20,26H,12-14H2,1-2H3,(H,24,27). The minimum absolute atomic E-state index is 0.0273. The number of hydrogen-bond donors (Lipinski definition) is 2. The van der Waals surface area contributed by atoms with Crippen molar-refractivity contribution < 1.29 is 9.90 Å². The van der Waals surface area contributed by atoms with Crippen molar-refractivity contribution in [2.75, 3.05) is 18.5 Å². The summed E-state index contributed by atoms with van der Waals surface area (Å²) in [7, 11) is 0. The van der Waals surface area contributed by atoms with Gasteiger partial charge in [0.15, 0.2) is 0 Å². The summed E-state index contributed by atoms with van der Waals surface area (Å²) in [5, 5.41) is 21.9. The molecule has 0 saturated carbocycles. The van der Waals surface area contributed by atoms with E-state index in [1.54, 1.807) is 18.2 Å². The minimum Gasteiger partial charge on any atom is -0.395 e. The molecule has 2 rings (SSSR count). The van der Waals surface area contributed by atoms with E-state index in [1.165, 1.54) is 0 Å². The largest absolute Gasteiger partial charge is 0.395 e. The highest BCUT2D eigenvalue weighted by Gasteiger charge is 2.23. The second-order valence-electron chi connectivity index (χ2n) is 6.74. The van der Waals surface area contributed by atoms with Crippen LogP contribution in [-0.4, -0.2) is 35.1 Å². The number of carbonyl (C=O) groups excluding carboxylic acids is 1. The summed E-state index contributed by atoms with van der Waals surface area (Å²) in [6.45, 7) is 4.72. The third kappa shape index (κ3) is 6.07. The predicted octanol–water partition coefficient (Wildman–Crippen LogP) is 3.67. The van der Waals surface area contributed by atoms with Crippen LogP contribution in [0.25, 0.3) is 0 Å². The Labute approximate surface area is 165 Å². The summed E-state index contributed by atoms with van der Waals surface area (Å²) in [6, 6.07) is 16.5. The van der Waals surface area contributed by atoms with Crippen LogP contribution in [0.4, 0.5) is 5.69 Å². The normalized spacial score (nSPS) is 12.0. The van der Waals surface area contributed by atoms with Crippen LogP contribution >= 0.6 is 11.6 Å². The van der Waals surface area contributed by atoms with E-state index in [1.807, 2.05) is 55.1 Å². The number of hydrogen-bond acceptors (Lipinski definition) is 4. The lowest BCUT2D eigenvalue weighted by atomic mass is 10.0. The number of nitrogens with one attached hydrogen (secondary N) is 1. The molecule has 0 aliphatic carbocycles. The molecule has 5 nitrogen and oxygen atoms in total. The maximum atomic E-state index is 12.6. The Morgan fingerprint density at radius 3 is 2.52 bits per heavy atom. The van der Waals surface area contributed by atoms with E-state index >= 15 is 0 Å². The van der Waals surface area contributed by atoms with Crippen molar-refractivity contribution in [1.82, 2.24) is 4.90 Å². The second-order valence-corrected chi connectivity index (χ2v) is 7.15. The molecule has 0 bridgehead atoms. The zero-order valence-corrected chi connectivity index (χ0v) is 16.3. The molecule has 0 aromatic heterocycles. The van der Waals surface area contributed by atoms with Gasteiger partial charge >= 0.3 is 0 Å². The van der Waals surface area contributed by atoms with Gasteiger partial charge in [0.1, 0.15) is 6.07 Å². The Balaban J connectivity index is 2.12. The van der Waals surface area contributed by atoms with Crippen molar-refractivity contribution in [1.29, 1.82) is 5.26 Å². The van der Waals surface area contributed by atoms with Gasteiger partial charge in [0, 0.05) is 18.3 Å². The number of benzene rings is 2. The lowest BCUT2D eigenvalue weighted by molar-refractivity contribution is -0.118. The summed E-state index contributed by atoms with van der Waals surface area (Å²) in [5.74, 6) is -0.0123. The van der Waals surface area contributed by atoms with Gasteiger partial charge in [-0.05, 0) is 29.7 Å². The first-order valence-corrected chi connectivity index (χ1v) is 9.20. The Morgan fingerprint density at radius 1 is 1.26 bits per heavy atom. The van der Waals surface area contributed by atoms with Crippen molar-refractivity contribution in [3.05, 3.63) is 64.7 Å². The highest BCUT2D eigenvalue weighted by molar-refractivity contribution is 6.32. The highest BCUT2D eigenvalue weighted by Crippen LogP contribution is 2.21. The molecule has 1 amide bonds. The molecule has 142 valence electrons. The predicted molar refractivity (Wildman–Crippen MR) is 107 cm³/mol. The maximum absolute atomic E-state index is 12.6. The van der Waals surface area contributed by atoms with Gasteiger partial charge in [0.05, 0.1) is 23.7 Å². The molecule has 2 N–H and O–H groups in total. The zero-order chi connectivity index (χ0) is 19.8. The first-order chi connectivity index (χ1) is 12.9. The molecule has 0 heterocycles. The van der Waals surface area contributed by atoms with E-state index in [4.69, 9.17) is 16.9 Å². The summed E-state index contributed by atoms with van der Waals surface area (Å²) in [6.07, 6.45) is 0. The van der Waals surface area contributed by atoms with Gasteiger partial charge in [0.2, 0.25) is 5.91 Å². The minimum atomic E-state index is -0.203. The first kappa shape index (κ1) is 20.9. The fourth-order valence-electron chi connectivity index (χ4n) is 2.92. The Hall–Kier alpha value is -2.39. The summed E-state index contributed by atoms with van der Waals surface area (Å²) < 4.78 is 0. The number of anilines is 1. The number of carbonyl (C=O) groups is 1. The number of amides is 1. The molecular formula is C21H24ClN3O2. The zero-order valence-electron chi connectivity index (χ0n) is 15.5. The molecule has 1 unspecified atom stereocenters. The van der Waals surface area contributed by atoms with Crippen molar-refractivity contribution in [2.24, 2.45) is 5.92 Å². The molecule has 2 aromatic rings. The van der Waals surface area contributed by atoms with Crippen LogP contribution < -0.4 is 5.32 Å². The van der Waals surface area contributed by atoms with Crippen LogP contribution in [0.5, 0.6) is 0 Å². The molecular weight excluding hydrogens is 362 g/mol. The van der Waals surface area contributed by atoms with E-state index in [9.17, 15) is 9.90 Å². The summed E-state index contributed by atoms with van der Waals surface area (Å²) in [4.78, 5) is 14.6. The molecule has 0 spiro atoms. The van der Waals surface area contributed by atoms with Crippen LogP contribution in [0, 0.1) is 17.2 Å². The molecule has 0 saturated heterocycles. The smallest absolute Gasteiger partial charge is 0.238 e. The highest BCUT2D eigenvalue weighted by atomic mass is 35.5. The quantitative estimate of drug-likeness (QED) is 0.726. The van der Waals surface area contributed by atoms with Crippen molar-refractivity contribution >= 4 is 23.2 Å². The number of nitrogens with zero attached hydrogens (tertiary/aromatic N) is 2. The van der Waals surface area contributed by atoms with E-state index in [0.29, 0.717) is 22.8 Å². The van der Waals surface area contributed by atoms with E-state index in [-0.39, 0.29) is 31.0 Å². The van der Waals surface area contributed by atoms with Crippen molar-refractivity contribution in [3.8, 4) is 6.07 Å². The lowest BCUT2D eigenvalue weighted by Gasteiger charge is -2.32. The number of aliphatic hydroxyl groups excluding tert-OH is 1. The first-order valence-electron chi connectivity index (χ1n) is 8.83. The molecule has 2 aromatic carbocycles. The summed E-state index contributed by atoms with van der Waals surface area (Å²) in [5.41, 5.74) is 1.97. The van der Waals surface area contributed by atoms with Gasteiger partial charge in [-0.1, -0.05) is 55.8 Å². The summed E-state index contributed by atoms with van der Waals surface area (Å²) >= 11 is 6.02. The number of nitriles is 1. The number of halogens is 1. The van der Waals surface area contributed by atoms with Crippen LogP contribution in [0.3, 0.4) is 0 Å². The second kappa shape index (κ2) is 10.1. The molecule has 1 atom stereocenters. The molecule has 0 aliphatic heterocycles. The van der Waals surface area contributed by atoms with Crippen LogP contribution in [0.15, 0.2) is 48.5 Å². The Kier molecular flexibility index (Phi) is 7.81. The van der Waals surface area contributed by atoms with Crippen LogP contribution in [0.1, 0.15) is 25.0 Å². The van der Waals surface area contributed by atoms with Gasteiger partial charge in [-0.2, -0.15) is 5.26 Å². The van der Waals surface area contributed by atoms with Gasteiger partial charge in [0.25, 0.3) is 0 Å². The fraction of sp³-hybridized carbons (Fsp3) is 0.333. The molecule has 0 aliphatic rings. The molecule has 27 heavy (non-hydrogen) atoms. The Morgan fingerprint density at radius 2 is 1.96 bits per heavy atom. The van der Waals surface area contributed by atoms with Crippen LogP contribution in [-0.2, 0) is 11.3 Å². The van der Waals surface area contributed by atoms with Gasteiger partial charge in [-0.3, -0.25) is 9.69 Å². The Bertz CT molecular complexity index is 803. The van der Waals surface area contributed by atoms with Gasteiger partial charge < -0.3 is 10.4 Å². The van der Waals surface area contributed by atoms with E-state index in [2.05, 4.69) is 5.32 Å². The third-order valence-electron chi connectivity index (χ3n) is 4.37. The van der Waals surface area contributed by atoms with Crippen molar-refractivity contribution in [2.45, 2.75) is 26.4 Å². The molecule has 6 heteroatoms.